The Morgan fingerprint density at radius 2 is 1.92 bits per heavy atom. The molecule has 0 radical (unpaired) electrons. The number of aliphatic hydroxyl groups is 1. The van der Waals surface area contributed by atoms with Crippen molar-refractivity contribution in [1.82, 2.24) is 14.8 Å². The minimum absolute atomic E-state index is 0.0315. The third kappa shape index (κ3) is 4.42. The molecule has 1 aromatic carbocycles. The first-order chi connectivity index (χ1) is 12.1. The molecule has 1 N–H and O–H groups in total. The summed E-state index contributed by atoms with van der Waals surface area (Å²) in [5, 5.41) is 9.86. The molecular weight excluding hydrogens is 341 g/mol. The van der Waals surface area contributed by atoms with E-state index in [1.807, 2.05) is 11.8 Å². The lowest BCUT2D eigenvalue weighted by Gasteiger charge is -2.34. The standard InChI is InChI=1S/C18H22FN3O2S/c1-13-17(18(24)22-8-6-21(7-9-22)10-11-23)25-16(20-13)12-14-2-4-15(19)5-3-14/h2-5,23H,6-12H2,1H3. The minimum Gasteiger partial charge on any atom is -0.395 e. The molecule has 1 aliphatic heterocycles. The number of carbonyl (C=O) groups is 1. The number of amides is 1. The van der Waals surface area contributed by atoms with E-state index in [1.165, 1.54) is 23.5 Å². The topological polar surface area (TPSA) is 56.7 Å². The van der Waals surface area contributed by atoms with E-state index in [2.05, 4.69) is 9.88 Å². The van der Waals surface area contributed by atoms with Crippen molar-refractivity contribution < 1.29 is 14.3 Å². The molecule has 1 aliphatic rings. The predicted octanol–water partition coefficient (Wildman–Crippen LogP) is 1.93. The van der Waals surface area contributed by atoms with Crippen LogP contribution < -0.4 is 0 Å². The highest BCUT2D eigenvalue weighted by Gasteiger charge is 2.25. The third-order valence-corrected chi connectivity index (χ3v) is 5.52. The SMILES string of the molecule is Cc1nc(Cc2ccc(F)cc2)sc1C(=O)N1CCN(CCO)CC1. The number of aliphatic hydroxyl groups excluding tert-OH is 1. The fourth-order valence-corrected chi connectivity index (χ4v) is 4.03. The second-order valence-corrected chi connectivity index (χ2v) is 7.27. The molecule has 1 fully saturated rings. The van der Waals surface area contributed by atoms with Crippen LogP contribution in [-0.4, -0.2) is 65.1 Å². The second-order valence-electron chi connectivity index (χ2n) is 6.18. The lowest BCUT2D eigenvalue weighted by atomic mass is 10.1. The van der Waals surface area contributed by atoms with Crippen LogP contribution in [0.4, 0.5) is 4.39 Å². The number of nitrogens with zero attached hydrogens (tertiary/aromatic N) is 3. The molecule has 1 amide bonds. The van der Waals surface area contributed by atoms with E-state index < -0.39 is 0 Å². The molecule has 2 aromatic rings. The zero-order valence-electron chi connectivity index (χ0n) is 14.2. The Morgan fingerprint density at radius 1 is 1.24 bits per heavy atom. The Bertz CT molecular complexity index is 724. The number of benzene rings is 1. The number of piperazine rings is 1. The van der Waals surface area contributed by atoms with E-state index in [9.17, 15) is 9.18 Å². The fraction of sp³-hybridized carbons (Fsp3) is 0.444. The van der Waals surface area contributed by atoms with Gasteiger partial charge < -0.3 is 10.0 Å². The van der Waals surface area contributed by atoms with Gasteiger partial charge in [-0.25, -0.2) is 9.37 Å². The summed E-state index contributed by atoms with van der Waals surface area (Å²) in [5.41, 5.74) is 1.73. The minimum atomic E-state index is -0.254. The van der Waals surface area contributed by atoms with Crippen molar-refractivity contribution in [3.05, 3.63) is 51.2 Å². The van der Waals surface area contributed by atoms with Gasteiger partial charge in [-0.05, 0) is 24.6 Å². The predicted molar refractivity (Wildman–Crippen MR) is 95.5 cm³/mol. The van der Waals surface area contributed by atoms with Gasteiger partial charge in [0.05, 0.1) is 17.3 Å². The summed E-state index contributed by atoms with van der Waals surface area (Å²) in [6, 6.07) is 6.36. The van der Waals surface area contributed by atoms with Crippen molar-refractivity contribution in [1.29, 1.82) is 0 Å². The van der Waals surface area contributed by atoms with Gasteiger partial charge in [0.2, 0.25) is 0 Å². The number of thiazole rings is 1. The molecule has 0 atom stereocenters. The Balaban J connectivity index is 1.65. The van der Waals surface area contributed by atoms with Gasteiger partial charge in [0, 0.05) is 39.1 Å². The summed E-state index contributed by atoms with van der Waals surface area (Å²) in [4.78, 5) is 22.0. The lowest BCUT2D eigenvalue weighted by molar-refractivity contribution is 0.0618. The largest absolute Gasteiger partial charge is 0.395 e. The molecule has 0 unspecified atom stereocenters. The van der Waals surface area contributed by atoms with Crippen molar-refractivity contribution in [3.8, 4) is 0 Å². The number of aromatic nitrogens is 1. The van der Waals surface area contributed by atoms with Crippen LogP contribution in [-0.2, 0) is 6.42 Å². The zero-order chi connectivity index (χ0) is 17.8. The maximum absolute atomic E-state index is 13.0. The van der Waals surface area contributed by atoms with Gasteiger partial charge in [-0.1, -0.05) is 12.1 Å². The Morgan fingerprint density at radius 3 is 2.56 bits per heavy atom. The van der Waals surface area contributed by atoms with E-state index in [0.29, 0.717) is 30.9 Å². The van der Waals surface area contributed by atoms with Gasteiger partial charge >= 0.3 is 0 Å². The van der Waals surface area contributed by atoms with Crippen LogP contribution in [0.2, 0.25) is 0 Å². The molecule has 0 bridgehead atoms. The second kappa shape index (κ2) is 8.03. The molecule has 1 saturated heterocycles. The smallest absolute Gasteiger partial charge is 0.265 e. The molecule has 25 heavy (non-hydrogen) atoms. The number of halogens is 1. The maximum Gasteiger partial charge on any atom is 0.265 e. The monoisotopic (exact) mass is 363 g/mol. The van der Waals surface area contributed by atoms with Crippen molar-refractivity contribution >= 4 is 17.2 Å². The summed E-state index contributed by atoms with van der Waals surface area (Å²) < 4.78 is 13.0. The molecule has 5 nitrogen and oxygen atoms in total. The van der Waals surface area contributed by atoms with Gasteiger partial charge in [-0.2, -0.15) is 0 Å². The van der Waals surface area contributed by atoms with Crippen LogP contribution in [0.5, 0.6) is 0 Å². The Labute approximate surface area is 150 Å². The van der Waals surface area contributed by atoms with E-state index in [-0.39, 0.29) is 18.3 Å². The van der Waals surface area contributed by atoms with Crippen LogP contribution in [0.1, 0.15) is 25.9 Å². The van der Waals surface area contributed by atoms with Gasteiger partial charge in [0.25, 0.3) is 5.91 Å². The number of β-amino-alcohol motifs (C(OH)–C–C–N with tert-alkyl or cyclic N) is 1. The normalized spacial score (nSPS) is 15.6. The summed E-state index contributed by atoms with van der Waals surface area (Å²) in [6.45, 7) is 5.57. The lowest BCUT2D eigenvalue weighted by Crippen LogP contribution is -2.49. The molecule has 134 valence electrons. The van der Waals surface area contributed by atoms with Gasteiger partial charge in [0.1, 0.15) is 10.7 Å². The summed E-state index contributed by atoms with van der Waals surface area (Å²) in [6.07, 6.45) is 0.601. The quantitative estimate of drug-likeness (QED) is 0.882. The molecule has 0 saturated carbocycles. The van der Waals surface area contributed by atoms with Crippen LogP contribution >= 0.6 is 11.3 Å². The molecule has 0 spiro atoms. The van der Waals surface area contributed by atoms with Crippen LogP contribution in [0, 0.1) is 12.7 Å². The first kappa shape index (κ1) is 18.0. The number of aryl methyl sites for hydroxylation is 1. The van der Waals surface area contributed by atoms with E-state index >= 15 is 0 Å². The van der Waals surface area contributed by atoms with Gasteiger partial charge in [-0.3, -0.25) is 9.69 Å². The average molecular weight is 363 g/mol. The molecule has 0 aliphatic carbocycles. The van der Waals surface area contributed by atoms with E-state index in [0.717, 1.165) is 29.4 Å². The van der Waals surface area contributed by atoms with Crippen LogP contribution in [0.15, 0.2) is 24.3 Å². The van der Waals surface area contributed by atoms with Crippen molar-refractivity contribution in [2.75, 3.05) is 39.3 Å². The van der Waals surface area contributed by atoms with Crippen molar-refractivity contribution in [2.24, 2.45) is 0 Å². The summed E-state index contributed by atoms with van der Waals surface area (Å²) in [5.74, 6) is -0.223. The molecule has 7 heteroatoms. The molecule has 1 aromatic heterocycles. The number of hydrogen-bond acceptors (Lipinski definition) is 5. The number of hydrogen-bond donors (Lipinski definition) is 1. The van der Waals surface area contributed by atoms with Crippen molar-refractivity contribution in [3.63, 3.8) is 0 Å². The van der Waals surface area contributed by atoms with Crippen LogP contribution in [0.3, 0.4) is 0 Å². The first-order valence-corrected chi connectivity index (χ1v) is 9.21. The average Bonchev–Trinajstić information content (AvgIpc) is 2.97. The van der Waals surface area contributed by atoms with Gasteiger partial charge in [0.15, 0.2) is 0 Å². The van der Waals surface area contributed by atoms with Crippen molar-refractivity contribution in [2.45, 2.75) is 13.3 Å². The maximum atomic E-state index is 13.0. The highest BCUT2D eigenvalue weighted by Crippen LogP contribution is 2.23. The third-order valence-electron chi connectivity index (χ3n) is 4.38. The Hall–Kier alpha value is -1.83. The summed E-state index contributed by atoms with van der Waals surface area (Å²) >= 11 is 1.42. The highest BCUT2D eigenvalue weighted by atomic mass is 32.1. The van der Waals surface area contributed by atoms with E-state index in [4.69, 9.17) is 5.11 Å². The zero-order valence-corrected chi connectivity index (χ0v) is 15.1. The molecular formula is C18H22FN3O2S. The van der Waals surface area contributed by atoms with E-state index in [1.54, 1.807) is 12.1 Å². The summed E-state index contributed by atoms with van der Waals surface area (Å²) in [7, 11) is 0. The first-order valence-electron chi connectivity index (χ1n) is 8.40. The molecule has 3 rings (SSSR count). The Kier molecular flexibility index (Phi) is 5.78. The number of carbonyl (C=O) groups excluding carboxylic acids is 1. The fourth-order valence-electron chi connectivity index (χ4n) is 2.96. The highest BCUT2D eigenvalue weighted by molar-refractivity contribution is 7.13. The van der Waals surface area contributed by atoms with Gasteiger partial charge in [-0.15, -0.1) is 11.3 Å². The molecule has 2 heterocycles. The van der Waals surface area contributed by atoms with Crippen LogP contribution in [0.25, 0.3) is 0 Å². The number of rotatable bonds is 5.